The molecule has 0 radical (unpaired) electrons. The first-order valence-corrected chi connectivity index (χ1v) is 7.55. The molecule has 0 saturated heterocycles. The second-order valence-corrected chi connectivity index (χ2v) is 5.57. The third kappa shape index (κ3) is 2.58. The SMILES string of the molecule is CCc1ccc(-c2csc(-c3ccc(N)cc3)n2)cc1. The molecule has 0 spiro atoms. The zero-order chi connectivity index (χ0) is 13.9. The van der Waals surface area contributed by atoms with E-state index in [1.165, 1.54) is 11.1 Å². The summed E-state index contributed by atoms with van der Waals surface area (Å²) in [5, 5.41) is 3.13. The molecule has 3 heteroatoms. The molecule has 1 heterocycles. The average Bonchev–Trinajstić information content (AvgIpc) is 2.98. The van der Waals surface area contributed by atoms with Gasteiger partial charge in [0, 0.05) is 22.2 Å². The molecule has 0 bridgehead atoms. The summed E-state index contributed by atoms with van der Waals surface area (Å²) < 4.78 is 0. The Balaban J connectivity index is 1.91. The highest BCUT2D eigenvalue weighted by Crippen LogP contribution is 2.29. The van der Waals surface area contributed by atoms with E-state index in [-0.39, 0.29) is 0 Å². The van der Waals surface area contributed by atoms with Crippen LogP contribution in [0.4, 0.5) is 5.69 Å². The molecule has 0 aliphatic rings. The van der Waals surface area contributed by atoms with Crippen LogP contribution in [0.5, 0.6) is 0 Å². The molecule has 0 aliphatic heterocycles. The number of nitrogen functional groups attached to an aromatic ring is 1. The molecule has 0 fully saturated rings. The second-order valence-electron chi connectivity index (χ2n) is 4.71. The molecule has 2 nitrogen and oxygen atoms in total. The fraction of sp³-hybridized carbons (Fsp3) is 0.118. The highest BCUT2D eigenvalue weighted by atomic mass is 32.1. The van der Waals surface area contributed by atoms with Gasteiger partial charge in [-0.05, 0) is 36.2 Å². The van der Waals surface area contributed by atoms with Gasteiger partial charge in [-0.2, -0.15) is 0 Å². The normalized spacial score (nSPS) is 10.7. The van der Waals surface area contributed by atoms with Crippen molar-refractivity contribution in [2.45, 2.75) is 13.3 Å². The van der Waals surface area contributed by atoms with E-state index in [0.717, 1.165) is 28.4 Å². The molecule has 20 heavy (non-hydrogen) atoms. The lowest BCUT2D eigenvalue weighted by Gasteiger charge is -1.99. The Morgan fingerprint density at radius 1 is 0.950 bits per heavy atom. The van der Waals surface area contributed by atoms with Crippen LogP contribution in [0.15, 0.2) is 53.9 Å². The van der Waals surface area contributed by atoms with Gasteiger partial charge in [0.25, 0.3) is 0 Å². The summed E-state index contributed by atoms with van der Waals surface area (Å²) in [7, 11) is 0. The fourth-order valence-electron chi connectivity index (χ4n) is 2.08. The Bertz CT molecular complexity index is 697. The van der Waals surface area contributed by atoms with Gasteiger partial charge in [-0.1, -0.05) is 31.2 Å². The van der Waals surface area contributed by atoms with Crippen molar-refractivity contribution in [2.75, 3.05) is 5.73 Å². The van der Waals surface area contributed by atoms with Crippen molar-refractivity contribution >= 4 is 17.0 Å². The summed E-state index contributed by atoms with van der Waals surface area (Å²) >= 11 is 1.66. The summed E-state index contributed by atoms with van der Waals surface area (Å²) in [5.41, 5.74) is 11.1. The van der Waals surface area contributed by atoms with Gasteiger partial charge >= 0.3 is 0 Å². The monoisotopic (exact) mass is 280 g/mol. The molecule has 0 atom stereocenters. The molecule has 2 N–H and O–H groups in total. The van der Waals surface area contributed by atoms with Crippen LogP contribution in [0.25, 0.3) is 21.8 Å². The van der Waals surface area contributed by atoms with Crippen LogP contribution in [0.3, 0.4) is 0 Å². The van der Waals surface area contributed by atoms with E-state index in [0.29, 0.717) is 0 Å². The number of hydrogen-bond acceptors (Lipinski definition) is 3. The third-order valence-corrected chi connectivity index (χ3v) is 4.21. The minimum Gasteiger partial charge on any atom is -0.399 e. The average molecular weight is 280 g/mol. The lowest BCUT2D eigenvalue weighted by molar-refractivity contribution is 1.14. The molecule has 100 valence electrons. The standard InChI is InChI=1S/C17H16N2S/c1-2-12-3-5-13(6-4-12)16-11-20-17(19-16)14-7-9-15(18)10-8-14/h3-11H,2,18H2,1H3. The van der Waals surface area contributed by atoms with E-state index in [9.17, 15) is 0 Å². The first kappa shape index (κ1) is 12.9. The maximum Gasteiger partial charge on any atom is 0.124 e. The number of aromatic nitrogens is 1. The van der Waals surface area contributed by atoms with E-state index in [2.05, 4.69) is 36.6 Å². The van der Waals surface area contributed by atoms with Crippen LogP contribution in [0, 0.1) is 0 Å². The van der Waals surface area contributed by atoms with Crippen molar-refractivity contribution in [3.05, 3.63) is 59.5 Å². The van der Waals surface area contributed by atoms with Gasteiger partial charge in [0.05, 0.1) is 5.69 Å². The Kier molecular flexibility index (Phi) is 3.52. The Morgan fingerprint density at radius 3 is 2.25 bits per heavy atom. The van der Waals surface area contributed by atoms with E-state index < -0.39 is 0 Å². The van der Waals surface area contributed by atoms with Gasteiger partial charge in [0.2, 0.25) is 0 Å². The van der Waals surface area contributed by atoms with Crippen molar-refractivity contribution in [1.29, 1.82) is 0 Å². The van der Waals surface area contributed by atoms with Crippen LogP contribution in [0.2, 0.25) is 0 Å². The highest BCUT2D eigenvalue weighted by Gasteiger charge is 2.06. The van der Waals surface area contributed by atoms with Gasteiger partial charge < -0.3 is 5.73 Å². The highest BCUT2D eigenvalue weighted by molar-refractivity contribution is 7.13. The van der Waals surface area contributed by atoms with E-state index in [1.54, 1.807) is 11.3 Å². The van der Waals surface area contributed by atoms with Gasteiger partial charge in [-0.25, -0.2) is 4.98 Å². The quantitative estimate of drug-likeness (QED) is 0.711. The van der Waals surface area contributed by atoms with Crippen LogP contribution in [-0.4, -0.2) is 4.98 Å². The molecule has 0 amide bonds. The zero-order valence-electron chi connectivity index (χ0n) is 11.3. The first-order valence-electron chi connectivity index (χ1n) is 6.67. The topological polar surface area (TPSA) is 38.9 Å². The van der Waals surface area contributed by atoms with Crippen LogP contribution in [0.1, 0.15) is 12.5 Å². The third-order valence-electron chi connectivity index (χ3n) is 3.32. The summed E-state index contributed by atoms with van der Waals surface area (Å²) in [6.45, 7) is 2.16. The number of nitrogens with zero attached hydrogens (tertiary/aromatic N) is 1. The maximum atomic E-state index is 5.71. The Morgan fingerprint density at radius 2 is 1.60 bits per heavy atom. The number of anilines is 1. The molecular weight excluding hydrogens is 264 g/mol. The van der Waals surface area contributed by atoms with Crippen LogP contribution in [-0.2, 0) is 6.42 Å². The predicted molar refractivity (Wildman–Crippen MR) is 86.8 cm³/mol. The van der Waals surface area contributed by atoms with Crippen LogP contribution < -0.4 is 5.73 Å². The molecule has 3 aromatic rings. The number of aryl methyl sites for hydroxylation is 1. The molecule has 0 aliphatic carbocycles. The zero-order valence-corrected chi connectivity index (χ0v) is 12.2. The van der Waals surface area contributed by atoms with Gasteiger partial charge in [-0.3, -0.25) is 0 Å². The van der Waals surface area contributed by atoms with Crippen molar-refractivity contribution in [2.24, 2.45) is 0 Å². The number of hydrogen-bond donors (Lipinski definition) is 1. The minimum absolute atomic E-state index is 0.778. The Hall–Kier alpha value is -2.13. The molecule has 3 rings (SSSR count). The van der Waals surface area contributed by atoms with Gasteiger partial charge in [0.1, 0.15) is 5.01 Å². The lowest BCUT2D eigenvalue weighted by Crippen LogP contribution is -1.84. The van der Waals surface area contributed by atoms with Crippen molar-refractivity contribution < 1.29 is 0 Å². The van der Waals surface area contributed by atoms with E-state index >= 15 is 0 Å². The smallest absolute Gasteiger partial charge is 0.124 e. The van der Waals surface area contributed by atoms with Crippen LogP contribution >= 0.6 is 11.3 Å². The maximum absolute atomic E-state index is 5.71. The number of nitrogens with two attached hydrogens (primary N) is 1. The summed E-state index contributed by atoms with van der Waals surface area (Å²) in [5.74, 6) is 0. The minimum atomic E-state index is 0.778. The summed E-state index contributed by atoms with van der Waals surface area (Å²) in [6.07, 6.45) is 1.06. The van der Waals surface area contributed by atoms with Crippen molar-refractivity contribution in [3.63, 3.8) is 0 Å². The van der Waals surface area contributed by atoms with Crippen molar-refractivity contribution in [3.8, 4) is 21.8 Å². The molecular formula is C17H16N2S. The number of benzene rings is 2. The molecule has 1 aromatic heterocycles. The van der Waals surface area contributed by atoms with Gasteiger partial charge in [-0.15, -0.1) is 11.3 Å². The molecule has 2 aromatic carbocycles. The van der Waals surface area contributed by atoms with E-state index in [1.807, 2.05) is 24.3 Å². The molecule has 0 unspecified atom stereocenters. The second kappa shape index (κ2) is 5.47. The Labute approximate surface area is 122 Å². The molecule has 0 saturated carbocycles. The largest absolute Gasteiger partial charge is 0.399 e. The summed E-state index contributed by atoms with van der Waals surface area (Å²) in [4.78, 5) is 4.71. The fourth-order valence-corrected chi connectivity index (χ4v) is 2.91. The predicted octanol–water partition coefficient (Wildman–Crippen LogP) is 4.62. The van der Waals surface area contributed by atoms with E-state index in [4.69, 9.17) is 10.7 Å². The summed E-state index contributed by atoms with van der Waals surface area (Å²) in [6, 6.07) is 16.4. The van der Waals surface area contributed by atoms with Gasteiger partial charge in [0.15, 0.2) is 0 Å². The van der Waals surface area contributed by atoms with Crippen molar-refractivity contribution in [1.82, 2.24) is 4.98 Å². The number of thiazole rings is 1. The first-order chi connectivity index (χ1) is 9.76. The number of rotatable bonds is 3. The lowest BCUT2D eigenvalue weighted by atomic mass is 10.1.